The van der Waals surface area contributed by atoms with Gasteiger partial charge in [0.25, 0.3) is 15.6 Å². The summed E-state index contributed by atoms with van der Waals surface area (Å²) in [5, 5.41) is 6.01. The van der Waals surface area contributed by atoms with Gasteiger partial charge in [0.1, 0.15) is 4.21 Å². The third-order valence-electron chi connectivity index (χ3n) is 6.81. The molecular formula is C27H28Cl2N6O5S2. The monoisotopic (exact) mass is 650 g/mol. The van der Waals surface area contributed by atoms with Gasteiger partial charge in [-0.05, 0) is 87.4 Å². The zero-order valence-corrected chi connectivity index (χ0v) is 25.4. The minimum Gasteiger partial charge on any atom is -0.385 e. The second-order valence-corrected chi connectivity index (χ2v) is 13.8. The molecule has 1 fully saturated rings. The summed E-state index contributed by atoms with van der Waals surface area (Å²) in [7, 11) is -4.13. The quantitative estimate of drug-likeness (QED) is 0.190. The Morgan fingerprint density at radius 3 is 2.45 bits per heavy atom. The molecule has 2 aromatic heterocycles. The van der Waals surface area contributed by atoms with E-state index in [9.17, 15) is 22.8 Å². The molecule has 1 aliphatic rings. The van der Waals surface area contributed by atoms with Gasteiger partial charge in [0.05, 0.1) is 25.9 Å². The van der Waals surface area contributed by atoms with E-state index in [-0.39, 0.29) is 24.9 Å². The van der Waals surface area contributed by atoms with E-state index in [1.807, 2.05) is 4.72 Å². The van der Waals surface area contributed by atoms with E-state index in [1.54, 1.807) is 18.2 Å². The standard InChI is InChI=1S/C27H28Cl2N6O5S2/c28-20-15-18(31-26(37)33-42(39,40)24-10-9-23(29)41-24)6-8-22(20)35-25(36)19-7-5-17(16-21(19)32-27(35)38)30-11-4-14-34-12-2-1-3-13-34/h5-10,15-16,30H,1-4,11-14H2,(H,32,38)(H2,31,33,37). The number of anilines is 2. The molecule has 2 amide bonds. The van der Waals surface area contributed by atoms with E-state index in [0.29, 0.717) is 10.9 Å². The molecule has 5 rings (SSSR count). The average Bonchev–Trinajstić information content (AvgIpc) is 3.40. The number of rotatable bonds is 9. The van der Waals surface area contributed by atoms with E-state index in [1.165, 1.54) is 49.6 Å². The largest absolute Gasteiger partial charge is 0.385 e. The summed E-state index contributed by atoms with van der Waals surface area (Å²) in [6.45, 7) is 4.11. The number of hydrogen-bond acceptors (Lipinski definition) is 8. The Morgan fingerprint density at radius 2 is 1.74 bits per heavy atom. The fraction of sp³-hybridized carbons (Fsp3) is 0.296. The molecule has 0 bridgehead atoms. The number of piperidine rings is 1. The number of sulfonamides is 1. The molecule has 0 saturated carbocycles. The molecule has 2 aromatic carbocycles. The predicted molar refractivity (Wildman–Crippen MR) is 167 cm³/mol. The van der Waals surface area contributed by atoms with Crippen molar-refractivity contribution in [3.63, 3.8) is 0 Å². The molecule has 4 N–H and O–H groups in total. The maximum Gasteiger partial charge on any atom is 0.333 e. The van der Waals surface area contributed by atoms with Crippen molar-refractivity contribution in [3.05, 3.63) is 78.7 Å². The lowest BCUT2D eigenvalue weighted by Crippen LogP contribution is -2.34. The molecule has 0 atom stereocenters. The van der Waals surface area contributed by atoms with Crippen molar-refractivity contribution in [2.45, 2.75) is 29.9 Å². The lowest BCUT2D eigenvalue weighted by molar-refractivity contribution is 0.228. The van der Waals surface area contributed by atoms with Gasteiger partial charge in [0, 0.05) is 17.9 Å². The number of nitrogens with zero attached hydrogens (tertiary/aromatic N) is 2. The molecule has 11 nitrogen and oxygen atoms in total. The molecule has 0 aliphatic carbocycles. The highest BCUT2D eigenvalue weighted by molar-refractivity contribution is 7.92. The van der Waals surface area contributed by atoms with Crippen LogP contribution in [0.3, 0.4) is 0 Å². The zero-order chi connectivity index (χ0) is 29.9. The zero-order valence-electron chi connectivity index (χ0n) is 22.3. The Hall–Kier alpha value is -3.36. The van der Waals surface area contributed by atoms with Crippen LogP contribution in [-0.2, 0) is 10.0 Å². The van der Waals surface area contributed by atoms with Gasteiger partial charge in [-0.25, -0.2) is 27.3 Å². The fourth-order valence-corrected chi connectivity index (χ4v) is 7.46. The Morgan fingerprint density at radius 1 is 0.976 bits per heavy atom. The molecule has 4 aromatic rings. The minimum atomic E-state index is -4.13. The first-order valence-electron chi connectivity index (χ1n) is 13.2. The lowest BCUT2D eigenvalue weighted by atomic mass is 10.1. The van der Waals surface area contributed by atoms with Gasteiger partial charge in [-0.3, -0.25) is 4.79 Å². The van der Waals surface area contributed by atoms with Gasteiger partial charge < -0.3 is 20.5 Å². The predicted octanol–water partition coefficient (Wildman–Crippen LogP) is 4.85. The number of likely N-dealkylation sites (tertiary alicyclic amines) is 1. The third-order valence-corrected chi connectivity index (χ3v) is 10.2. The van der Waals surface area contributed by atoms with Gasteiger partial charge in [-0.2, -0.15) is 0 Å². The number of thiophene rings is 1. The number of benzene rings is 2. The Balaban J connectivity index is 1.28. The number of urea groups is 1. The molecule has 222 valence electrons. The maximum atomic E-state index is 13.3. The first-order valence-corrected chi connectivity index (χ1v) is 16.3. The van der Waals surface area contributed by atoms with Gasteiger partial charge in [-0.1, -0.05) is 29.6 Å². The molecule has 1 aliphatic heterocycles. The van der Waals surface area contributed by atoms with Crippen LogP contribution in [-0.4, -0.2) is 55.1 Å². The molecule has 0 unspecified atom stereocenters. The van der Waals surface area contributed by atoms with Crippen LogP contribution >= 0.6 is 34.5 Å². The highest BCUT2D eigenvalue weighted by Gasteiger charge is 2.20. The number of aromatic nitrogens is 2. The smallest absolute Gasteiger partial charge is 0.333 e. The second kappa shape index (κ2) is 12.9. The number of halogens is 2. The van der Waals surface area contributed by atoms with Crippen LogP contribution in [0.15, 0.2) is 62.3 Å². The lowest BCUT2D eigenvalue weighted by Gasteiger charge is -2.26. The van der Waals surface area contributed by atoms with Crippen molar-refractivity contribution in [1.29, 1.82) is 0 Å². The maximum absolute atomic E-state index is 13.3. The fourth-order valence-electron chi connectivity index (χ4n) is 4.80. The van der Waals surface area contributed by atoms with Gasteiger partial charge >= 0.3 is 11.7 Å². The molecule has 42 heavy (non-hydrogen) atoms. The van der Waals surface area contributed by atoms with Crippen molar-refractivity contribution >= 4 is 72.9 Å². The van der Waals surface area contributed by atoms with E-state index in [4.69, 9.17) is 23.2 Å². The van der Waals surface area contributed by atoms with Gasteiger partial charge in [-0.15, -0.1) is 11.3 Å². The van der Waals surface area contributed by atoms with Crippen molar-refractivity contribution in [3.8, 4) is 5.69 Å². The van der Waals surface area contributed by atoms with E-state index < -0.39 is 27.3 Å². The van der Waals surface area contributed by atoms with Crippen LogP contribution in [0.1, 0.15) is 25.7 Å². The molecular weight excluding hydrogens is 623 g/mol. The van der Waals surface area contributed by atoms with Crippen LogP contribution < -0.4 is 26.6 Å². The highest BCUT2D eigenvalue weighted by atomic mass is 35.5. The highest BCUT2D eigenvalue weighted by Crippen LogP contribution is 2.26. The number of hydrogen-bond donors (Lipinski definition) is 4. The van der Waals surface area contributed by atoms with Gasteiger partial charge in [0.15, 0.2) is 0 Å². The summed E-state index contributed by atoms with van der Waals surface area (Å²) in [4.78, 5) is 43.8. The number of carbonyl (C=O) groups excluding carboxylic acids is 1. The summed E-state index contributed by atoms with van der Waals surface area (Å²) >= 11 is 13.0. The van der Waals surface area contributed by atoms with Crippen LogP contribution in [0.2, 0.25) is 9.36 Å². The normalized spacial score (nSPS) is 14.1. The summed E-state index contributed by atoms with van der Waals surface area (Å²) in [6, 6.07) is 10.9. The number of fused-ring (bicyclic) bond motifs is 1. The third kappa shape index (κ3) is 6.98. The molecule has 3 heterocycles. The van der Waals surface area contributed by atoms with Crippen LogP contribution in [0.4, 0.5) is 16.2 Å². The topological polar surface area (TPSA) is 145 Å². The summed E-state index contributed by atoms with van der Waals surface area (Å²) in [5.74, 6) is 0. The Bertz CT molecular complexity index is 1850. The minimum absolute atomic E-state index is 0.0142. The molecule has 0 spiro atoms. The number of nitrogens with one attached hydrogen (secondary N) is 4. The number of carbonyl (C=O) groups is 1. The summed E-state index contributed by atoms with van der Waals surface area (Å²) in [5.41, 5.74) is 0.173. The SMILES string of the molecule is O=C(Nc1ccc(-n2c(=O)[nH]c3cc(NCCCN4CCCCC4)ccc3c2=O)c(Cl)c1)NS(=O)(=O)c1ccc(Cl)s1. The second-order valence-electron chi connectivity index (χ2n) is 9.80. The van der Waals surface area contributed by atoms with E-state index >= 15 is 0 Å². The molecule has 0 radical (unpaired) electrons. The van der Waals surface area contributed by atoms with Crippen molar-refractivity contribution in [2.24, 2.45) is 0 Å². The van der Waals surface area contributed by atoms with E-state index in [0.717, 1.165) is 54.2 Å². The first kappa shape index (κ1) is 30.1. The van der Waals surface area contributed by atoms with Crippen molar-refractivity contribution < 1.29 is 13.2 Å². The summed E-state index contributed by atoms with van der Waals surface area (Å²) in [6.07, 6.45) is 4.80. The van der Waals surface area contributed by atoms with E-state index in [2.05, 4.69) is 20.5 Å². The van der Waals surface area contributed by atoms with Crippen LogP contribution in [0.25, 0.3) is 16.6 Å². The Labute approximate surface area is 255 Å². The van der Waals surface area contributed by atoms with Gasteiger partial charge in [0.2, 0.25) is 0 Å². The number of H-pyrrole nitrogens is 1. The van der Waals surface area contributed by atoms with Crippen molar-refractivity contribution in [2.75, 3.05) is 36.8 Å². The summed E-state index contributed by atoms with van der Waals surface area (Å²) < 4.78 is 27.6. The number of aromatic amines is 1. The van der Waals surface area contributed by atoms with Crippen LogP contribution in [0.5, 0.6) is 0 Å². The van der Waals surface area contributed by atoms with Crippen LogP contribution in [0, 0.1) is 0 Å². The molecule has 1 saturated heterocycles. The average molecular weight is 652 g/mol. The number of amides is 2. The Kier molecular flexibility index (Phi) is 9.23. The molecule has 15 heteroatoms. The first-order chi connectivity index (χ1) is 20.1. The van der Waals surface area contributed by atoms with Crippen molar-refractivity contribution in [1.82, 2.24) is 19.2 Å².